The maximum Gasteiger partial charge on any atom is 0.225 e. The molecule has 0 aliphatic rings. The van der Waals surface area contributed by atoms with Crippen LogP contribution in [0.1, 0.15) is 31.7 Å². The number of phenolic OH excluding ortho intramolecular Hbond substituents is 1. The number of amides is 1. The number of benzene rings is 1. The number of ether oxygens (including phenoxy) is 2. The van der Waals surface area contributed by atoms with Crippen molar-refractivity contribution in [2.24, 2.45) is 5.92 Å². The molecule has 1 amide bonds. The van der Waals surface area contributed by atoms with E-state index in [0.29, 0.717) is 6.42 Å². The molecule has 0 aromatic heterocycles. The van der Waals surface area contributed by atoms with E-state index in [4.69, 9.17) is 15.2 Å². The Hall–Kier alpha value is -2.33. The molecule has 0 unspecified atom stereocenters. The number of aliphatic hydroxyl groups is 1. The number of nitrogens with one attached hydrogen (secondary N) is 2. The number of hydrogen-bond donors (Lipinski definition) is 3. The molecule has 31 heavy (non-hydrogen) atoms. The zero-order chi connectivity index (χ0) is 23.1. The van der Waals surface area contributed by atoms with Gasteiger partial charge in [-0.05, 0) is 30.5 Å². The van der Waals surface area contributed by atoms with Crippen LogP contribution < -0.4 is 11.1 Å². The van der Waals surface area contributed by atoms with Crippen molar-refractivity contribution in [3.63, 3.8) is 0 Å². The quantitative estimate of drug-likeness (QED) is 0.304. The van der Waals surface area contributed by atoms with Crippen LogP contribution in [0.5, 0.6) is 5.75 Å². The normalized spacial score (nSPS) is 12.9. The number of Topliss-reactive ketones (excluding diaryl/α,β-unsaturated/α-hetero) is 2. The van der Waals surface area contributed by atoms with Crippen molar-refractivity contribution in [1.82, 2.24) is 11.1 Å². The SMILES string of the molecule is CCCC(=O)COCCOCCNC(=O)[C@H](CO)CC(=O)[C@@H]([NH])Cc1ccc(O)cc1. The molecule has 173 valence electrons. The van der Waals surface area contributed by atoms with Gasteiger partial charge in [0.25, 0.3) is 0 Å². The Balaban J connectivity index is 2.23. The van der Waals surface area contributed by atoms with Gasteiger partial charge in [-0.1, -0.05) is 19.1 Å². The van der Waals surface area contributed by atoms with Crippen LogP contribution in [0, 0.1) is 5.92 Å². The monoisotopic (exact) mass is 437 g/mol. The van der Waals surface area contributed by atoms with E-state index >= 15 is 0 Å². The summed E-state index contributed by atoms with van der Waals surface area (Å²) in [4.78, 5) is 35.7. The lowest BCUT2D eigenvalue weighted by Gasteiger charge is -2.16. The van der Waals surface area contributed by atoms with Gasteiger partial charge in [-0.2, -0.15) is 0 Å². The van der Waals surface area contributed by atoms with E-state index in [-0.39, 0.29) is 57.3 Å². The van der Waals surface area contributed by atoms with Crippen LogP contribution in [-0.2, 0) is 30.3 Å². The molecule has 4 N–H and O–H groups in total. The molecular formula is C22H33N2O7. The highest BCUT2D eigenvalue weighted by atomic mass is 16.5. The van der Waals surface area contributed by atoms with Crippen molar-refractivity contribution < 1.29 is 34.1 Å². The van der Waals surface area contributed by atoms with Gasteiger partial charge in [0, 0.05) is 19.4 Å². The Morgan fingerprint density at radius 1 is 1.10 bits per heavy atom. The van der Waals surface area contributed by atoms with Crippen molar-refractivity contribution in [1.29, 1.82) is 0 Å². The van der Waals surface area contributed by atoms with Crippen LogP contribution >= 0.6 is 0 Å². The fraction of sp³-hybridized carbons (Fsp3) is 0.591. The van der Waals surface area contributed by atoms with Crippen molar-refractivity contribution >= 4 is 17.5 Å². The highest BCUT2D eigenvalue weighted by molar-refractivity contribution is 5.89. The summed E-state index contributed by atoms with van der Waals surface area (Å²) in [5, 5.41) is 21.3. The Kier molecular flexibility index (Phi) is 13.3. The van der Waals surface area contributed by atoms with Gasteiger partial charge in [-0.25, -0.2) is 5.73 Å². The highest BCUT2D eigenvalue weighted by Gasteiger charge is 2.24. The first-order chi connectivity index (χ1) is 14.9. The second kappa shape index (κ2) is 15.5. The molecule has 0 aliphatic carbocycles. The smallest absolute Gasteiger partial charge is 0.225 e. The summed E-state index contributed by atoms with van der Waals surface area (Å²) in [6.45, 7) is 2.50. The molecule has 0 aliphatic heterocycles. The van der Waals surface area contributed by atoms with E-state index in [1.165, 1.54) is 12.1 Å². The average Bonchev–Trinajstić information content (AvgIpc) is 2.75. The van der Waals surface area contributed by atoms with E-state index in [2.05, 4.69) is 5.32 Å². The lowest BCUT2D eigenvalue weighted by molar-refractivity contribution is -0.131. The van der Waals surface area contributed by atoms with E-state index < -0.39 is 30.3 Å². The van der Waals surface area contributed by atoms with E-state index in [1.54, 1.807) is 12.1 Å². The molecule has 0 heterocycles. The van der Waals surface area contributed by atoms with Gasteiger partial charge in [-0.3, -0.25) is 14.4 Å². The standard InChI is InChI=1S/C22H33N2O7/c1-2-3-19(27)15-31-11-10-30-9-8-24-22(29)17(14-25)13-21(28)20(23)12-16-4-6-18(26)7-5-16/h4-7,17,20,23,25-26H,2-3,8-15H2,1H3,(H,24,29)/t17-,20-/m0/s1. The fourth-order valence-corrected chi connectivity index (χ4v) is 2.75. The minimum atomic E-state index is -1.06. The van der Waals surface area contributed by atoms with Gasteiger partial charge >= 0.3 is 0 Å². The van der Waals surface area contributed by atoms with Crippen LogP contribution in [0.4, 0.5) is 0 Å². The lowest BCUT2D eigenvalue weighted by atomic mass is 9.95. The highest BCUT2D eigenvalue weighted by Crippen LogP contribution is 2.13. The molecule has 0 bridgehead atoms. The first kappa shape index (κ1) is 26.7. The zero-order valence-corrected chi connectivity index (χ0v) is 18.0. The molecule has 1 aromatic carbocycles. The van der Waals surface area contributed by atoms with Crippen molar-refractivity contribution in [2.75, 3.05) is 39.6 Å². The van der Waals surface area contributed by atoms with Crippen molar-refractivity contribution in [3.05, 3.63) is 29.8 Å². The maximum atomic E-state index is 12.3. The summed E-state index contributed by atoms with van der Waals surface area (Å²) in [6, 6.07) is 5.18. The largest absolute Gasteiger partial charge is 0.508 e. The zero-order valence-electron chi connectivity index (χ0n) is 18.0. The summed E-state index contributed by atoms with van der Waals surface area (Å²) in [6.07, 6.45) is 1.23. The van der Waals surface area contributed by atoms with Crippen molar-refractivity contribution in [3.8, 4) is 5.75 Å². The third-order valence-corrected chi connectivity index (χ3v) is 4.51. The lowest BCUT2D eigenvalue weighted by Crippen LogP contribution is -2.38. The van der Waals surface area contributed by atoms with Gasteiger partial charge in [0.1, 0.15) is 12.4 Å². The number of aromatic hydroxyl groups is 1. The number of phenols is 1. The molecular weight excluding hydrogens is 404 g/mol. The topological polar surface area (TPSA) is 146 Å². The van der Waals surface area contributed by atoms with Gasteiger partial charge in [0.05, 0.1) is 38.4 Å². The fourth-order valence-electron chi connectivity index (χ4n) is 2.75. The predicted molar refractivity (Wildman–Crippen MR) is 113 cm³/mol. The van der Waals surface area contributed by atoms with Crippen LogP contribution in [0.25, 0.3) is 0 Å². The van der Waals surface area contributed by atoms with Crippen LogP contribution in [-0.4, -0.2) is 73.3 Å². The first-order valence-electron chi connectivity index (χ1n) is 10.4. The van der Waals surface area contributed by atoms with E-state index in [0.717, 1.165) is 12.0 Å². The molecule has 0 fully saturated rings. The van der Waals surface area contributed by atoms with Gasteiger partial charge in [-0.15, -0.1) is 0 Å². The second-order valence-corrected chi connectivity index (χ2v) is 7.22. The van der Waals surface area contributed by atoms with Crippen LogP contribution in [0.15, 0.2) is 24.3 Å². The Morgan fingerprint density at radius 2 is 1.77 bits per heavy atom. The number of hydrogen-bond acceptors (Lipinski definition) is 7. The van der Waals surface area contributed by atoms with E-state index in [1.807, 2.05) is 6.92 Å². The Morgan fingerprint density at radius 3 is 2.42 bits per heavy atom. The molecule has 0 saturated heterocycles. The summed E-state index contributed by atoms with van der Waals surface area (Å²) >= 11 is 0. The number of rotatable bonds is 17. The number of carbonyl (C=O) groups excluding carboxylic acids is 3. The Labute approximate surface area is 182 Å². The minimum Gasteiger partial charge on any atom is -0.508 e. The second-order valence-electron chi connectivity index (χ2n) is 7.22. The Bertz CT molecular complexity index is 679. The third kappa shape index (κ3) is 11.6. The van der Waals surface area contributed by atoms with E-state index in [9.17, 15) is 24.6 Å². The van der Waals surface area contributed by atoms with Crippen LogP contribution in [0.3, 0.4) is 0 Å². The predicted octanol–water partition coefficient (Wildman–Crippen LogP) is 0.673. The van der Waals surface area contributed by atoms with Gasteiger partial charge < -0.3 is 25.0 Å². The summed E-state index contributed by atoms with van der Waals surface area (Å²) in [5.74, 6) is -1.68. The average molecular weight is 438 g/mol. The minimum absolute atomic E-state index is 0.0531. The molecule has 9 nitrogen and oxygen atoms in total. The molecule has 1 radical (unpaired) electrons. The first-order valence-corrected chi connectivity index (χ1v) is 10.4. The molecule has 1 rings (SSSR count). The number of carbonyl (C=O) groups is 3. The molecule has 0 saturated carbocycles. The number of ketones is 2. The van der Waals surface area contributed by atoms with Crippen molar-refractivity contribution in [2.45, 2.75) is 38.6 Å². The van der Waals surface area contributed by atoms with Gasteiger partial charge in [0.2, 0.25) is 5.91 Å². The third-order valence-electron chi connectivity index (χ3n) is 4.51. The number of aliphatic hydroxyl groups excluding tert-OH is 1. The van der Waals surface area contributed by atoms with Gasteiger partial charge in [0.15, 0.2) is 11.6 Å². The summed E-state index contributed by atoms with van der Waals surface area (Å²) in [5.41, 5.74) is 8.73. The maximum absolute atomic E-state index is 12.3. The molecule has 1 aromatic rings. The van der Waals surface area contributed by atoms with Crippen LogP contribution in [0.2, 0.25) is 0 Å². The summed E-state index contributed by atoms with van der Waals surface area (Å²) in [7, 11) is 0. The molecule has 0 spiro atoms. The molecule has 2 atom stereocenters. The molecule has 9 heteroatoms. The summed E-state index contributed by atoms with van der Waals surface area (Å²) < 4.78 is 10.5.